The topological polar surface area (TPSA) is 41.6 Å². The van der Waals surface area contributed by atoms with E-state index in [0.29, 0.717) is 24.7 Å². The Balaban J connectivity index is 1.31. The van der Waals surface area contributed by atoms with Crippen LogP contribution in [0.3, 0.4) is 0 Å². The van der Waals surface area contributed by atoms with Crippen molar-refractivity contribution < 1.29 is 9.53 Å². The van der Waals surface area contributed by atoms with Crippen molar-refractivity contribution in [1.82, 2.24) is 10.2 Å². The first-order chi connectivity index (χ1) is 11.2. The number of rotatable bonds is 6. The van der Waals surface area contributed by atoms with Crippen molar-refractivity contribution in [2.45, 2.75) is 70.2 Å². The normalized spacial score (nSPS) is 26.5. The van der Waals surface area contributed by atoms with Gasteiger partial charge < -0.3 is 10.1 Å². The van der Waals surface area contributed by atoms with E-state index in [-0.39, 0.29) is 5.91 Å². The number of hydrogen-bond acceptors (Lipinski definition) is 4. The summed E-state index contributed by atoms with van der Waals surface area (Å²) in [7, 11) is 0. The van der Waals surface area contributed by atoms with Gasteiger partial charge in [0.2, 0.25) is 5.91 Å². The van der Waals surface area contributed by atoms with Crippen molar-refractivity contribution in [2.75, 3.05) is 13.1 Å². The van der Waals surface area contributed by atoms with Crippen LogP contribution in [0.4, 0.5) is 0 Å². The molecule has 1 aromatic heterocycles. The summed E-state index contributed by atoms with van der Waals surface area (Å²) in [6.45, 7) is 5.32. The van der Waals surface area contributed by atoms with Gasteiger partial charge in [0.05, 0.1) is 12.2 Å². The van der Waals surface area contributed by atoms with Crippen molar-refractivity contribution in [3.05, 3.63) is 22.4 Å². The Morgan fingerprint density at radius 1 is 1.35 bits per heavy atom. The van der Waals surface area contributed by atoms with Gasteiger partial charge in [0.15, 0.2) is 0 Å². The molecular formula is C18H28N2O2S. The largest absolute Gasteiger partial charge is 0.375 e. The van der Waals surface area contributed by atoms with Gasteiger partial charge in [0, 0.05) is 37.0 Å². The maximum Gasteiger partial charge on any atom is 0.220 e. The van der Waals surface area contributed by atoms with Crippen LogP contribution in [0, 0.1) is 0 Å². The summed E-state index contributed by atoms with van der Waals surface area (Å²) in [5, 5.41) is 5.35. The van der Waals surface area contributed by atoms with Crippen molar-refractivity contribution in [3.8, 4) is 0 Å². The van der Waals surface area contributed by atoms with E-state index in [1.54, 1.807) is 0 Å². The van der Waals surface area contributed by atoms with Gasteiger partial charge in [-0.1, -0.05) is 6.07 Å². The van der Waals surface area contributed by atoms with Gasteiger partial charge in [-0.15, -0.1) is 11.3 Å². The highest BCUT2D eigenvalue weighted by Gasteiger charge is 2.24. The first-order valence-corrected chi connectivity index (χ1v) is 9.76. The minimum atomic E-state index is 0.199. The average Bonchev–Trinajstić information content (AvgIpc) is 3.19. The Morgan fingerprint density at radius 2 is 2.17 bits per heavy atom. The molecule has 2 fully saturated rings. The molecule has 2 atom stereocenters. The summed E-state index contributed by atoms with van der Waals surface area (Å²) >= 11 is 1.82. The third kappa shape index (κ3) is 5.30. The number of likely N-dealkylation sites (tertiary alicyclic amines) is 1. The van der Waals surface area contributed by atoms with E-state index in [0.717, 1.165) is 51.7 Å². The molecule has 1 amide bonds. The molecule has 3 heterocycles. The summed E-state index contributed by atoms with van der Waals surface area (Å²) in [6.07, 6.45) is 6.51. The van der Waals surface area contributed by atoms with Gasteiger partial charge in [0.25, 0.3) is 0 Å². The van der Waals surface area contributed by atoms with Gasteiger partial charge in [-0.05, 0) is 50.5 Å². The Morgan fingerprint density at radius 3 is 2.83 bits per heavy atom. The molecule has 1 aromatic rings. The van der Waals surface area contributed by atoms with Crippen LogP contribution >= 0.6 is 11.3 Å². The van der Waals surface area contributed by atoms with E-state index in [9.17, 15) is 4.79 Å². The molecule has 2 saturated heterocycles. The molecule has 2 unspecified atom stereocenters. The van der Waals surface area contributed by atoms with Gasteiger partial charge in [-0.25, -0.2) is 0 Å². The second kappa shape index (κ2) is 8.27. The number of thiophene rings is 1. The van der Waals surface area contributed by atoms with Gasteiger partial charge in [0.1, 0.15) is 0 Å². The van der Waals surface area contributed by atoms with Crippen molar-refractivity contribution in [3.63, 3.8) is 0 Å². The van der Waals surface area contributed by atoms with Crippen molar-refractivity contribution >= 4 is 17.2 Å². The summed E-state index contributed by atoms with van der Waals surface area (Å²) in [5.74, 6) is 0.199. The van der Waals surface area contributed by atoms with Crippen LogP contribution in [0.15, 0.2) is 17.5 Å². The first kappa shape index (κ1) is 16.9. The number of carbonyl (C=O) groups excluding carboxylic acids is 1. The highest BCUT2D eigenvalue weighted by molar-refractivity contribution is 7.09. The molecule has 0 saturated carbocycles. The SMILES string of the molecule is CC1CCC(CCC(=O)NC2CCN(Cc3cccs3)CC2)O1. The number of ether oxygens (including phenoxy) is 1. The Kier molecular flexibility index (Phi) is 6.08. The van der Waals surface area contributed by atoms with Crippen LogP contribution in [-0.4, -0.2) is 42.1 Å². The van der Waals surface area contributed by atoms with Crippen molar-refractivity contribution in [2.24, 2.45) is 0 Å². The summed E-state index contributed by atoms with van der Waals surface area (Å²) in [6, 6.07) is 4.66. The van der Waals surface area contributed by atoms with Crippen LogP contribution in [-0.2, 0) is 16.1 Å². The molecule has 0 radical (unpaired) electrons. The zero-order valence-electron chi connectivity index (χ0n) is 14.0. The smallest absolute Gasteiger partial charge is 0.220 e. The Labute approximate surface area is 143 Å². The quantitative estimate of drug-likeness (QED) is 0.867. The van der Waals surface area contributed by atoms with Crippen LogP contribution in [0.2, 0.25) is 0 Å². The Bertz CT molecular complexity index is 483. The lowest BCUT2D eigenvalue weighted by molar-refractivity contribution is -0.122. The molecule has 0 aromatic carbocycles. The molecule has 0 bridgehead atoms. The molecule has 4 nitrogen and oxygen atoms in total. The van der Waals surface area contributed by atoms with E-state index < -0.39 is 0 Å². The molecule has 128 valence electrons. The highest BCUT2D eigenvalue weighted by atomic mass is 32.1. The van der Waals surface area contributed by atoms with E-state index in [4.69, 9.17) is 4.74 Å². The molecule has 2 aliphatic rings. The summed E-state index contributed by atoms with van der Waals surface area (Å²) in [4.78, 5) is 16.0. The van der Waals surface area contributed by atoms with Gasteiger partial charge in [-0.2, -0.15) is 0 Å². The van der Waals surface area contributed by atoms with E-state index >= 15 is 0 Å². The maximum absolute atomic E-state index is 12.1. The van der Waals surface area contributed by atoms with Gasteiger partial charge >= 0.3 is 0 Å². The van der Waals surface area contributed by atoms with Crippen molar-refractivity contribution in [1.29, 1.82) is 0 Å². The first-order valence-electron chi connectivity index (χ1n) is 8.88. The lowest BCUT2D eigenvalue weighted by atomic mass is 10.0. The molecule has 5 heteroatoms. The molecule has 0 spiro atoms. The van der Waals surface area contributed by atoms with Crippen LogP contribution in [0.1, 0.15) is 50.3 Å². The number of nitrogens with zero attached hydrogens (tertiary/aromatic N) is 1. The number of carbonyl (C=O) groups is 1. The zero-order valence-corrected chi connectivity index (χ0v) is 14.8. The number of piperidine rings is 1. The number of nitrogens with one attached hydrogen (secondary N) is 1. The minimum absolute atomic E-state index is 0.199. The molecule has 1 N–H and O–H groups in total. The third-order valence-corrected chi connectivity index (χ3v) is 5.79. The predicted molar refractivity (Wildman–Crippen MR) is 93.6 cm³/mol. The van der Waals surface area contributed by atoms with Crippen LogP contribution in [0.25, 0.3) is 0 Å². The molecular weight excluding hydrogens is 308 g/mol. The monoisotopic (exact) mass is 336 g/mol. The standard InChI is InChI=1S/C18H28N2O2S/c1-14-4-5-16(22-14)6-7-18(21)19-15-8-10-20(11-9-15)13-17-3-2-12-23-17/h2-3,12,14-16H,4-11,13H2,1H3,(H,19,21). The molecule has 2 aliphatic heterocycles. The average molecular weight is 337 g/mol. The summed E-state index contributed by atoms with van der Waals surface area (Å²) in [5.41, 5.74) is 0. The fourth-order valence-corrected chi connectivity index (χ4v) is 4.29. The number of hydrogen-bond donors (Lipinski definition) is 1. The Hall–Kier alpha value is -0.910. The lowest BCUT2D eigenvalue weighted by Crippen LogP contribution is -2.44. The molecule has 3 rings (SSSR count). The van der Waals surface area contributed by atoms with Crippen LogP contribution in [0.5, 0.6) is 0 Å². The fraction of sp³-hybridized carbons (Fsp3) is 0.722. The molecule has 23 heavy (non-hydrogen) atoms. The maximum atomic E-state index is 12.1. The van der Waals surface area contributed by atoms with E-state index in [2.05, 4.69) is 34.7 Å². The fourth-order valence-electron chi connectivity index (χ4n) is 3.55. The van der Waals surface area contributed by atoms with E-state index in [1.165, 1.54) is 4.88 Å². The van der Waals surface area contributed by atoms with Crippen LogP contribution < -0.4 is 5.32 Å². The second-order valence-electron chi connectivity index (χ2n) is 6.88. The lowest BCUT2D eigenvalue weighted by Gasteiger charge is -2.32. The third-order valence-electron chi connectivity index (χ3n) is 4.93. The van der Waals surface area contributed by atoms with Gasteiger partial charge in [-0.3, -0.25) is 9.69 Å². The summed E-state index contributed by atoms with van der Waals surface area (Å²) < 4.78 is 5.78. The molecule has 0 aliphatic carbocycles. The zero-order chi connectivity index (χ0) is 16.1. The minimum Gasteiger partial charge on any atom is -0.375 e. The van der Waals surface area contributed by atoms with E-state index in [1.807, 2.05) is 11.3 Å². The highest BCUT2D eigenvalue weighted by Crippen LogP contribution is 2.22. The predicted octanol–water partition coefficient (Wildman–Crippen LogP) is 3.18. The second-order valence-corrected chi connectivity index (χ2v) is 7.91. The number of amides is 1.